The summed E-state index contributed by atoms with van der Waals surface area (Å²) in [6.07, 6.45) is 0.771. The molecule has 0 saturated carbocycles. The van der Waals surface area contributed by atoms with Gasteiger partial charge in [-0.05, 0) is 37.5 Å². The first-order valence-electron chi connectivity index (χ1n) is 9.63. The van der Waals surface area contributed by atoms with Crippen LogP contribution in [0.15, 0.2) is 24.3 Å². The Morgan fingerprint density at radius 1 is 1.03 bits per heavy atom. The Morgan fingerprint density at radius 2 is 1.70 bits per heavy atom. The summed E-state index contributed by atoms with van der Waals surface area (Å²) in [4.78, 5) is 36.7. The van der Waals surface area contributed by atoms with Crippen molar-refractivity contribution in [2.75, 3.05) is 5.32 Å². The third-order valence-corrected chi connectivity index (χ3v) is 4.41. The number of aromatic amines is 1. The highest BCUT2D eigenvalue weighted by atomic mass is 19.1. The Balaban J connectivity index is 1.94. The molecule has 3 amide bonds. The maximum Gasteiger partial charge on any atom is 0.272 e. The second kappa shape index (κ2) is 10.5. The van der Waals surface area contributed by atoms with Gasteiger partial charge in [0.15, 0.2) is 5.69 Å². The van der Waals surface area contributed by atoms with Gasteiger partial charge >= 0.3 is 0 Å². The van der Waals surface area contributed by atoms with Crippen LogP contribution in [0.25, 0.3) is 0 Å². The van der Waals surface area contributed by atoms with E-state index in [9.17, 15) is 23.2 Å². The fourth-order valence-electron chi connectivity index (χ4n) is 2.62. The molecule has 10 heteroatoms. The van der Waals surface area contributed by atoms with Crippen molar-refractivity contribution in [2.45, 2.75) is 52.1 Å². The van der Waals surface area contributed by atoms with E-state index in [0.717, 1.165) is 18.6 Å². The Labute approximate surface area is 172 Å². The minimum atomic E-state index is -0.878. The summed E-state index contributed by atoms with van der Waals surface area (Å²) >= 11 is 0. The summed E-state index contributed by atoms with van der Waals surface area (Å²) in [5.41, 5.74) is 0.279. The molecule has 1 heterocycles. The number of anilines is 1. The number of nitrogens with zero attached hydrogens (tertiary/aromatic N) is 1. The summed E-state index contributed by atoms with van der Waals surface area (Å²) in [5.74, 6) is -2.81. The van der Waals surface area contributed by atoms with Crippen LogP contribution in [-0.4, -0.2) is 40.0 Å². The van der Waals surface area contributed by atoms with Crippen molar-refractivity contribution in [3.05, 3.63) is 47.2 Å². The minimum Gasteiger partial charge on any atom is -0.348 e. The fourth-order valence-corrected chi connectivity index (χ4v) is 2.62. The molecule has 2 aromatic rings. The largest absolute Gasteiger partial charge is 0.348 e. The zero-order valence-corrected chi connectivity index (χ0v) is 17.0. The second-order valence-corrected chi connectivity index (χ2v) is 6.92. The molecule has 0 spiro atoms. The van der Waals surface area contributed by atoms with Crippen LogP contribution in [0.3, 0.4) is 0 Å². The number of halogens is 2. The first kappa shape index (κ1) is 23.0. The van der Waals surface area contributed by atoms with E-state index in [-0.39, 0.29) is 41.9 Å². The Hall–Kier alpha value is -3.30. The van der Waals surface area contributed by atoms with E-state index in [1.54, 1.807) is 6.92 Å². The lowest BCUT2D eigenvalue weighted by atomic mass is 10.1. The van der Waals surface area contributed by atoms with Gasteiger partial charge in [-0.25, -0.2) is 8.78 Å². The van der Waals surface area contributed by atoms with Gasteiger partial charge in [0.2, 0.25) is 11.8 Å². The first-order chi connectivity index (χ1) is 14.2. The van der Waals surface area contributed by atoms with Crippen molar-refractivity contribution < 1.29 is 23.2 Å². The summed E-state index contributed by atoms with van der Waals surface area (Å²) in [6, 6.07) is 3.32. The van der Waals surface area contributed by atoms with Crippen LogP contribution in [0.5, 0.6) is 0 Å². The molecule has 0 fully saturated rings. The molecule has 1 aromatic heterocycles. The number of hydrogen-bond acceptors (Lipinski definition) is 4. The molecule has 162 valence electrons. The highest BCUT2D eigenvalue weighted by Gasteiger charge is 2.21. The summed E-state index contributed by atoms with van der Waals surface area (Å²) in [6.45, 7) is 5.50. The predicted molar refractivity (Wildman–Crippen MR) is 107 cm³/mol. The predicted octanol–water partition coefficient (Wildman–Crippen LogP) is 2.29. The van der Waals surface area contributed by atoms with Crippen molar-refractivity contribution in [1.82, 2.24) is 20.8 Å². The van der Waals surface area contributed by atoms with Crippen molar-refractivity contribution in [3.8, 4) is 0 Å². The van der Waals surface area contributed by atoms with Crippen LogP contribution in [0.1, 0.15) is 49.7 Å². The number of hydrogen-bond donors (Lipinski definition) is 4. The second-order valence-electron chi connectivity index (χ2n) is 6.92. The molecule has 0 aliphatic heterocycles. The molecule has 2 rings (SSSR count). The zero-order chi connectivity index (χ0) is 22.3. The molecular weight excluding hydrogens is 396 g/mol. The van der Waals surface area contributed by atoms with E-state index in [0.29, 0.717) is 6.07 Å². The number of carbonyl (C=O) groups is 3. The average molecular weight is 421 g/mol. The van der Waals surface area contributed by atoms with Crippen LogP contribution >= 0.6 is 0 Å². The molecule has 0 aliphatic rings. The van der Waals surface area contributed by atoms with Gasteiger partial charge in [-0.2, -0.15) is 5.10 Å². The summed E-state index contributed by atoms with van der Waals surface area (Å²) in [5, 5.41) is 14.3. The number of aromatic nitrogens is 2. The number of nitrogens with one attached hydrogen (secondary N) is 4. The Bertz CT molecular complexity index is 895. The normalized spacial score (nSPS) is 12.7. The lowest BCUT2D eigenvalue weighted by Crippen LogP contribution is -2.44. The van der Waals surface area contributed by atoms with Gasteiger partial charge in [0.05, 0.1) is 6.42 Å². The molecule has 30 heavy (non-hydrogen) atoms. The molecule has 2 unspecified atom stereocenters. The van der Waals surface area contributed by atoms with E-state index in [1.807, 2.05) is 13.8 Å². The van der Waals surface area contributed by atoms with Gasteiger partial charge in [0.25, 0.3) is 5.91 Å². The number of H-pyrrole nitrogens is 1. The third kappa shape index (κ3) is 6.64. The lowest BCUT2D eigenvalue weighted by molar-refractivity contribution is -0.126. The highest BCUT2D eigenvalue weighted by molar-refractivity contribution is 5.98. The van der Waals surface area contributed by atoms with Crippen LogP contribution < -0.4 is 16.0 Å². The van der Waals surface area contributed by atoms with E-state index in [2.05, 4.69) is 26.1 Å². The lowest BCUT2D eigenvalue weighted by Gasteiger charge is -2.16. The van der Waals surface area contributed by atoms with Crippen molar-refractivity contribution in [1.29, 1.82) is 0 Å². The van der Waals surface area contributed by atoms with Crippen LogP contribution in [0.2, 0.25) is 0 Å². The van der Waals surface area contributed by atoms with Gasteiger partial charge in [0.1, 0.15) is 23.5 Å². The van der Waals surface area contributed by atoms with Crippen LogP contribution in [0, 0.1) is 11.6 Å². The van der Waals surface area contributed by atoms with Gasteiger partial charge in [-0.3, -0.25) is 19.5 Å². The topological polar surface area (TPSA) is 116 Å². The molecular formula is C20H25F2N5O3. The molecule has 4 N–H and O–H groups in total. The fraction of sp³-hybridized carbons (Fsp3) is 0.400. The first-order valence-corrected chi connectivity index (χ1v) is 9.63. The maximum absolute atomic E-state index is 13.3. The van der Waals surface area contributed by atoms with Gasteiger partial charge < -0.3 is 16.0 Å². The van der Waals surface area contributed by atoms with Gasteiger partial charge in [0, 0.05) is 18.2 Å². The van der Waals surface area contributed by atoms with E-state index < -0.39 is 29.5 Å². The smallest absolute Gasteiger partial charge is 0.272 e. The van der Waals surface area contributed by atoms with Crippen LogP contribution in [0.4, 0.5) is 14.6 Å². The van der Waals surface area contributed by atoms with Gasteiger partial charge in [-0.1, -0.05) is 13.8 Å². The molecule has 0 radical (unpaired) electrons. The van der Waals surface area contributed by atoms with Crippen molar-refractivity contribution >= 4 is 23.5 Å². The minimum absolute atomic E-state index is 0.0153. The zero-order valence-electron chi connectivity index (χ0n) is 17.0. The molecule has 0 saturated heterocycles. The maximum atomic E-state index is 13.3. The number of carbonyl (C=O) groups excluding carboxylic acids is 3. The van der Waals surface area contributed by atoms with Crippen LogP contribution in [-0.2, 0) is 16.0 Å². The Morgan fingerprint density at radius 3 is 2.30 bits per heavy atom. The monoisotopic (exact) mass is 421 g/mol. The number of rotatable bonds is 9. The molecule has 8 nitrogen and oxygen atoms in total. The van der Waals surface area contributed by atoms with E-state index in [4.69, 9.17) is 0 Å². The van der Waals surface area contributed by atoms with E-state index in [1.165, 1.54) is 6.07 Å². The quantitative estimate of drug-likeness (QED) is 0.497. The number of benzene rings is 1. The molecule has 1 aromatic carbocycles. The van der Waals surface area contributed by atoms with Crippen molar-refractivity contribution in [3.63, 3.8) is 0 Å². The SMILES string of the molecule is CCC(C)NC(=O)c1cc(NC(=O)C(CC)NC(=O)Cc2cc(F)cc(F)c2)[nH]n1. The average Bonchev–Trinajstić information content (AvgIpc) is 3.13. The van der Waals surface area contributed by atoms with Gasteiger partial charge in [-0.15, -0.1) is 0 Å². The standard InChI is InChI=1S/C20H25F2N5O3/c1-4-11(3)23-20(30)16-10-17(27-26-16)25-19(29)15(5-2)24-18(28)8-12-6-13(21)9-14(22)7-12/h6-7,9-11,15H,4-5,8H2,1-3H3,(H,23,30)(H,24,28)(H2,25,26,27,29). The third-order valence-electron chi connectivity index (χ3n) is 4.41. The van der Waals surface area contributed by atoms with E-state index >= 15 is 0 Å². The Kier molecular flexibility index (Phi) is 8.02. The molecule has 0 bridgehead atoms. The number of amides is 3. The molecule has 2 atom stereocenters. The summed E-state index contributed by atoms with van der Waals surface area (Å²) in [7, 11) is 0. The molecule has 0 aliphatic carbocycles. The summed E-state index contributed by atoms with van der Waals surface area (Å²) < 4.78 is 26.5. The highest BCUT2D eigenvalue weighted by Crippen LogP contribution is 2.10. The van der Waals surface area contributed by atoms with Crippen molar-refractivity contribution in [2.24, 2.45) is 0 Å².